The van der Waals surface area contributed by atoms with E-state index in [9.17, 15) is 33.9 Å². The first-order valence-corrected chi connectivity index (χ1v) is 13.1. The number of carbonyl (C=O) groups is 5. The standard InChI is InChI=1S/C28H32N6O9/c1-33(17-6-4-16(5-7-17)25(39)34(2)21(27(42)43)10-12-23(36)37)14-15-3-9-20-18(13-15)24(38)32-28(30-20)31-22(35)11-8-19(29)26(40)41/h3-7,9,13,19,21H,8,10-12,14,29H2,1-2H3,(H,36,37)(H,40,41)(H,42,43)(H2,30,31,32,35,38)/t19-,21-/m0/s1. The first-order valence-electron chi connectivity index (χ1n) is 13.1. The lowest BCUT2D eigenvalue weighted by atomic mass is 10.1. The van der Waals surface area contributed by atoms with E-state index in [0.29, 0.717) is 12.1 Å². The normalized spacial score (nSPS) is 12.3. The van der Waals surface area contributed by atoms with E-state index in [4.69, 9.17) is 15.9 Å². The minimum absolute atomic E-state index is 0.0758. The van der Waals surface area contributed by atoms with Gasteiger partial charge in [-0.25, -0.2) is 9.78 Å². The van der Waals surface area contributed by atoms with Gasteiger partial charge in [-0.05, 0) is 54.8 Å². The average molecular weight is 597 g/mol. The number of amides is 2. The number of nitrogens with one attached hydrogen (secondary N) is 2. The third-order valence-electron chi connectivity index (χ3n) is 6.71. The molecule has 7 N–H and O–H groups in total. The molecule has 0 aliphatic rings. The molecule has 0 saturated carbocycles. The van der Waals surface area contributed by atoms with Crippen molar-refractivity contribution < 1.29 is 39.3 Å². The van der Waals surface area contributed by atoms with Crippen molar-refractivity contribution in [1.82, 2.24) is 14.9 Å². The summed E-state index contributed by atoms with van der Waals surface area (Å²) in [6, 6.07) is 9.04. The number of carboxylic acid groups (broad SMARTS) is 3. The van der Waals surface area contributed by atoms with Crippen LogP contribution in [0.5, 0.6) is 0 Å². The van der Waals surface area contributed by atoms with Crippen molar-refractivity contribution in [3.63, 3.8) is 0 Å². The third kappa shape index (κ3) is 8.59. The number of aromatic amines is 1. The highest BCUT2D eigenvalue weighted by Gasteiger charge is 2.28. The van der Waals surface area contributed by atoms with Gasteiger partial charge < -0.3 is 30.9 Å². The molecule has 0 radical (unpaired) electrons. The average Bonchev–Trinajstić information content (AvgIpc) is 2.95. The fourth-order valence-corrected chi connectivity index (χ4v) is 4.26. The van der Waals surface area contributed by atoms with E-state index >= 15 is 0 Å². The molecule has 3 aromatic rings. The number of hydrogen-bond acceptors (Lipinski definition) is 9. The molecule has 3 rings (SSSR count). The van der Waals surface area contributed by atoms with Crippen molar-refractivity contribution >= 4 is 52.3 Å². The molecule has 1 aromatic heterocycles. The molecule has 0 bridgehead atoms. The molecule has 43 heavy (non-hydrogen) atoms. The number of anilines is 2. The van der Waals surface area contributed by atoms with Gasteiger partial charge in [0.1, 0.15) is 12.1 Å². The minimum Gasteiger partial charge on any atom is -0.481 e. The molecule has 0 saturated heterocycles. The van der Waals surface area contributed by atoms with E-state index in [1.54, 1.807) is 49.5 Å². The quantitative estimate of drug-likeness (QED) is 0.153. The molecule has 0 aliphatic heterocycles. The van der Waals surface area contributed by atoms with Gasteiger partial charge in [-0.3, -0.25) is 34.3 Å². The molecule has 0 aliphatic carbocycles. The lowest BCUT2D eigenvalue weighted by molar-refractivity contribution is -0.143. The third-order valence-corrected chi connectivity index (χ3v) is 6.71. The van der Waals surface area contributed by atoms with Crippen LogP contribution >= 0.6 is 0 Å². The number of fused-ring (bicyclic) bond motifs is 1. The minimum atomic E-state index is -1.29. The van der Waals surface area contributed by atoms with Crippen LogP contribution in [0.4, 0.5) is 11.6 Å². The summed E-state index contributed by atoms with van der Waals surface area (Å²) in [5, 5.41) is 29.9. The molecule has 228 valence electrons. The molecule has 1 heterocycles. The Morgan fingerprint density at radius 3 is 2.23 bits per heavy atom. The number of carbonyl (C=O) groups excluding carboxylic acids is 2. The Morgan fingerprint density at radius 1 is 0.953 bits per heavy atom. The maximum Gasteiger partial charge on any atom is 0.326 e. The molecule has 15 heteroatoms. The first kappa shape index (κ1) is 32.2. The van der Waals surface area contributed by atoms with Crippen LogP contribution in [0.2, 0.25) is 0 Å². The Kier molecular flexibility index (Phi) is 10.5. The first-order chi connectivity index (χ1) is 20.3. The largest absolute Gasteiger partial charge is 0.481 e. The summed E-state index contributed by atoms with van der Waals surface area (Å²) in [4.78, 5) is 80.5. The van der Waals surface area contributed by atoms with E-state index in [1.807, 2.05) is 4.90 Å². The van der Waals surface area contributed by atoms with Crippen LogP contribution in [-0.2, 0) is 25.7 Å². The van der Waals surface area contributed by atoms with Crippen molar-refractivity contribution in [1.29, 1.82) is 0 Å². The monoisotopic (exact) mass is 596 g/mol. The number of benzene rings is 2. The van der Waals surface area contributed by atoms with Crippen LogP contribution in [0, 0.1) is 0 Å². The predicted molar refractivity (Wildman–Crippen MR) is 155 cm³/mol. The summed E-state index contributed by atoms with van der Waals surface area (Å²) in [5.74, 6) is -4.85. The van der Waals surface area contributed by atoms with Gasteiger partial charge in [0, 0.05) is 44.7 Å². The van der Waals surface area contributed by atoms with Crippen molar-refractivity contribution in [2.45, 2.75) is 44.3 Å². The number of hydrogen-bond donors (Lipinski definition) is 6. The Hall–Kier alpha value is -5.31. The lowest BCUT2D eigenvalue weighted by Gasteiger charge is -2.25. The Morgan fingerprint density at radius 2 is 1.63 bits per heavy atom. The molecule has 2 aromatic carbocycles. The van der Waals surface area contributed by atoms with E-state index < -0.39 is 53.8 Å². The van der Waals surface area contributed by atoms with E-state index in [-0.39, 0.29) is 36.2 Å². The van der Waals surface area contributed by atoms with Crippen molar-refractivity contribution in [3.8, 4) is 0 Å². The fraction of sp³-hybridized carbons (Fsp3) is 0.321. The van der Waals surface area contributed by atoms with Gasteiger partial charge >= 0.3 is 17.9 Å². The number of nitrogens with two attached hydrogens (primary N) is 1. The Labute approximate surface area is 244 Å². The van der Waals surface area contributed by atoms with Gasteiger partial charge in [-0.15, -0.1) is 0 Å². The topological polar surface area (TPSA) is 236 Å². The second-order valence-corrected chi connectivity index (χ2v) is 9.90. The molecule has 0 fully saturated rings. The maximum absolute atomic E-state index is 12.8. The van der Waals surface area contributed by atoms with Crippen LogP contribution < -0.4 is 21.5 Å². The fourth-order valence-electron chi connectivity index (χ4n) is 4.26. The van der Waals surface area contributed by atoms with Gasteiger partial charge in [-0.2, -0.15) is 0 Å². The summed E-state index contributed by atoms with van der Waals surface area (Å²) >= 11 is 0. The SMILES string of the molecule is CN(Cc1ccc2nc(NC(=O)CC[C@H](N)C(=O)O)[nH]c(=O)c2c1)c1ccc(C(=O)N(C)[C@@H](CCC(=O)O)C(=O)O)cc1. The van der Waals surface area contributed by atoms with Gasteiger partial charge in [0.05, 0.1) is 10.9 Å². The summed E-state index contributed by atoms with van der Waals surface area (Å²) in [5.41, 5.74) is 6.99. The molecule has 0 spiro atoms. The van der Waals surface area contributed by atoms with Crippen molar-refractivity contribution in [2.75, 3.05) is 24.3 Å². The van der Waals surface area contributed by atoms with E-state index in [1.165, 1.54) is 7.05 Å². The number of likely N-dealkylation sites (N-methyl/N-ethyl adjacent to an activating group) is 1. The number of aromatic nitrogens is 2. The van der Waals surface area contributed by atoms with Crippen LogP contribution in [0.15, 0.2) is 47.3 Å². The van der Waals surface area contributed by atoms with Crippen LogP contribution in [-0.4, -0.2) is 86.1 Å². The van der Waals surface area contributed by atoms with Crippen LogP contribution in [0.3, 0.4) is 0 Å². The van der Waals surface area contributed by atoms with E-state index in [0.717, 1.165) is 16.2 Å². The molecule has 2 atom stereocenters. The van der Waals surface area contributed by atoms with Crippen molar-refractivity contribution in [2.24, 2.45) is 5.73 Å². The molecule has 0 unspecified atom stereocenters. The number of rotatable bonds is 14. The predicted octanol–water partition coefficient (Wildman–Crippen LogP) is 1.08. The number of carboxylic acids is 3. The van der Waals surface area contributed by atoms with Gasteiger partial charge in [0.2, 0.25) is 11.9 Å². The summed E-state index contributed by atoms with van der Waals surface area (Å²) in [6.07, 6.45) is -0.857. The molecular formula is C28H32N6O9. The highest BCUT2D eigenvalue weighted by molar-refractivity contribution is 5.97. The number of aliphatic carboxylic acids is 3. The second kappa shape index (κ2) is 14.0. The highest BCUT2D eigenvalue weighted by Crippen LogP contribution is 2.20. The van der Waals surface area contributed by atoms with Gasteiger partial charge in [-0.1, -0.05) is 6.07 Å². The zero-order valence-electron chi connectivity index (χ0n) is 23.4. The summed E-state index contributed by atoms with van der Waals surface area (Å²) < 4.78 is 0. The Balaban J connectivity index is 1.67. The Bertz CT molecular complexity index is 1590. The molecule has 15 nitrogen and oxygen atoms in total. The van der Waals surface area contributed by atoms with Crippen LogP contribution in [0.1, 0.15) is 41.6 Å². The number of nitrogens with zero attached hydrogens (tertiary/aromatic N) is 3. The van der Waals surface area contributed by atoms with Gasteiger partial charge in [0.25, 0.3) is 11.5 Å². The van der Waals surface area contributed by atoms with Gasteiger partial charge in [0.15, 0.2) is 0 Å². The smallest absolute Gasteiger partial charge is 0.326 e. The maximum atomic E-state index is 12.8. The zero-order chi connectivity index (χ0) is 31.8. The lowest BCUT2D eigenvalue weighted by Crippen LogP contribution is -2.42. The van der Waals surface area contributed by atoms with E-state index in [2.05, 4.69) is 15.3 Å². The summed E-state index contributed by atoms with van der Waals surface area (Å²) in [7, 11) is 3.12. The second-order valence-electron chi connectivity index (χ2n) is 9.90. The highest BCUT2D eigenvalue weighted by atomic mass is 16.4. The zero-order valence-corrected chi connectivity index (χ0v) is 23.4. The van der Waals surface area contributed by atoms with Crippen LogP contribution in [0.25, 0.3) is 10.9 Å². The molecule has 2 amide bonds. The van der Waals surface area contributed by atoms with Crippen molar-refractivity contribution in [3.05, 3.63) is 63.9 Å². The summed E-state index contributed by atoms with van der Waals surface area (Å²) in [6.45, 7) is 0.376. The number of H-pyrrole nitrogens is 1. The molecular weight excluding hydrogens is 564 g/mol.